The number of ether oxygens (including phenoxy) is 4. The van der Waals surface area contributed by atoms with E-state index in [2.05, 4.69) is 20.5 Å². The molecule has 6 rings (SSSR count). The summed E-state index contributed by atoms with van der Waals surface area (Å²) >= 11 is 0. The number of imide groups is 1. The molecule has 3 aliphatic rings. The molecule has 2 aromatic carbocycles. The Morgan fingerprint density at radius 2 is 1.83 bits per heavy atom. The molecule has 0 N–H and O–H groups in total. The van der Waals surface area contributed by atoms with E-state index in [-0.39, 0.29) is 19.2 Å². The zero-order valence-electron chi connectivity index (χ0n) is 18.6. The molecule has 2 atom stereocenters. The molecule has 1 fully saturated rings. The lowest BCUT2D eigenvalue weighted by Crippen LogP contribution is -2.39. The first-order valence-electron chi connectivity index (χ1n) is 10.6. The highest BCUT2D eigenvalue weighted by Crippen LogP contribution is 2.38. The van der Waals surface area contributed by atoms with E-state index in [4.69, 9.17) is 23.5 Å². The number of hydrogen-bond donors (Lipinski definition) is 0. The first kappa shape index (κ1) is 20.9. The summed E-state index contributed by atoms with van der Waals surface area (Å²) in [6.45, 7) is 0.160. The van der Waals surface area contributed by atoms with Crippen LogP contribution in [0.1, 0.15) is 5.89 Å². The van der Waals surface area contributed by atoms with E-state index in [1.54, 1.807) is 36.4 Å². The maximum atomic E-state index is 13.3. The SMILES string of the molecule is COc1ccc(N2C(=O)[C@H]3N=NN(Cc4nc(-c5ccc6c(c5)OCO6)no4)[C@H]3C2=O)cc1OC. The molecule has 3 aromatic rings. The lowest BCUT2D eigenvalue weighted by molar-refractivity contribution is -0.123. The van der Waals surface area contributed by atoms with Gasteiger partial charge in [-0.3, -0.25) is 14.6 Å². The van der Waals surface area contributed by atoms with Crippen LogP contribution >= 0.6 is 0 Å². The van der Waals surface area contributed by atoms with Gasteiger partial charge in [0.1, 0.15) is 6.54 Å². The summed E-state index contributed by atoms with van der Waals surface area (Å²) in [5.74, 6) is 1.71. The number of carbonyl (C=O) groups is 2. The van der Waals surface area contributed by atoms with E-state index in [0.29, 0.717) is 40.1 Å². The van der Waals surface area contributed by atoms with Gasteiger partial charge in [-0.2, -0.15) is 10.1 Å². The normalized spacial score (nSPS) is 20.1. The Morgan fingerprint density at radius 3 is 2.66 bits per heavy atom. The summed E-state index contributed by atoms with van der Waals surface area (Å²) in [5.41, 5.74) is 1.03. The van der Waals surface area contributed by atoms with Gasteiger partial charge in [0.05, 0.1) is 19.9 Å². The van der Waals surface area contributed by atoms with E-state index in [1.807, 2.05) is 0 Å². The van der Waals surface area contributed by atoms with Crippen molar-refractivity contribution in [2.75, 3.05) is 25.9 Å². The highest BCUT2D eigenvalue weighted by molar-refractivity contribution is 6.25. The zero-order chi connectivity index (χ0) is 24.1. The molecule has 1 saturated heterocycles. The lowest BCUT2D eigenvalue weighted by Gasteiger charge is -2.20. The second kappa shape index (κ2) is 7.97. The fourth-order valence-corrected chi connectivity index (χ4v) is 4.18. The minimum atomic E-state index is -0.966. The highest BCUT2D eigenvalue weighted by Gasteiger charge is 2.55. The first-order chi connectivity index (χ1) is 17.1. The molecule has 0 aliphatic carbocycles. The Hall–Kier alpha value is -4.68. The Labute approximate surface area is 197 Å². The molecule has 0 radical (unpaired) electrons. The van der Waals surface area contributed by atoms with Crippen molar-refractivity contribution >= 4 is 17.5 Å². The van der Waals surface area contributed by atoms with E-state index in [1.165, 1.54) is 19.2 Å². The third-order valence-electron chi connectivity index (χ3n) is 5.88. The molecule has 13 nitrogen and oxygen atoms in total. The summed E-state index contributed by atoms with van der Waals surface area (Å²) in [6.07, 6.45) is 0. The molecule has 3 aliphatic heterocycles. The average molecular weight is 478 g/mol. The molecule has 4 heterocycles. The van der Waals surface area contributed by atoms with Crippen molar-refractivity contribution in [1.29, 1.82) is 0 Å². The van der Waals surface area contributed by atoms with E-state index < -0.39 is 23.9 Å². The largest absolute Gasteiger partial charge is 0.493 e. The molecule has 1 aromatic heterocycles. The molecule has 13 heteroatoms. The van der Waals surface area contributed by atoms with Crippen LogP contribution in [-0.4, -0.2) is 60.1 Å². The summed E-state index contributed by atoms with van der Waals surface area (Å²) in [5, 5.41) is 13.4. The summed E-state index contributed by atoms with van der Waals surface area (Å²) in [7, 11) is 2.98. The second-order valence-corrected chi connectivity index (χ2v) is 7.82. The van der Waals surface area contributed by atoms with Crippen molar-refractivity contribution in [3.63, 3.8) is 0 Å². The minimum Gasteiger partial charge on any atom is -0.493 e. The molecule has 35 heavy (non-hydrogen) atoms. The Bertz CT molecular complexity index is 1370. The minimum absolute atomic E-state index is 0.00100. The summed E-state index contributed by atoms with van der Waals surface area (Å²) in [4.78, 5) is 31.7. The number of carbonyl (C=O) groups excluding carboxylic acids is 2. The van der Waals surface area contributed by atoms with E-state index in [9.17, 15) is 9.59 Å². The maximum Gasteiger partial charge on any atom is 0.263 e. The first-order valence-corrected chi connectivity index (χ1v) is 10.6. The maximum absolute atomic E-state index is 13.3. The fraction of sp³-hybridized carbons (Fsp3) is 0.273. The number of aromatic nitrogens is 2. The van der Waals surface area contributed by atoms with Crippen LogP contribution in [0.15, 0.2) is 51.3 Å². The predicted molar refractivity (Wildman–Crippen MR) is 116 cm³/mol. The van der Waals surface area contributed by atoms with Crippen molar-refractivity contribution in [3.8, 4) is 34.4 Å². The van der Waals surface area contributed by atoms with Gasteiger partial charge in [0, 0.05) is 11.6 Å². The van der Waals surface area contributed by atoms with Gasteiger partial charge in [0.25, 0.3) is 11.8 Å². The molecule has 0 saturated carbocycles. The van der Waals surface area contributed by atoms with E-state index >= 15 is 0 Å². The van der Waals surface area contributed by atoms with Gasteiger partial charge in [-0.25, -0.2) is 4.90 Å². The van der Waals surface area contributed by atoms with Gasteiger partial charge in [-0.15, -0.1) is 0 Å². The van der Waals surface area contributed by atoms with Gasteiger partial charge >= 0.3 is 0 Å². The Balaban J connectivity index is 1.22. The number of amides is 2. The topological polar surface area (TPSA) is 141 Å². The Kier molecular flexibility index (Phi) is 4.76. The van der Waals surface area contributed by atoms with Crippen LogP contribution in [0.4, 0.5) is 5.69 Å². The molecule has 178 valence electrons. The van der Waals surface area contributed by atoms with Crippen molar-refractivity contribution < 1.29 is 33.1 Å². The van der Waals surface area contributed by atoms with Gasteiger partial charge in [-0.05, 0) is 30.3 Å². The van der Waals surface area contributed by atoms with Crippen LogP contribution in [0, 0.1) is 0 Å². The third-order valence-corrected chi connectivity index (χ3v) is 5.88. The van der Waals surface area contributed by atoms with Gasteiger partial charge < -0.3 is 23.5 Å². The number of anilines is 1. The van der Waals surface area contributed by atoms with Crippen LogP contribution in [0.5, 0.6) is 23.0 Å². The number of nitrogens with zero attached hydrogens (tertiary/aromatic N) is 6. The van der Waals surface area contributed by atoms with Crippen molar-refractivity contribution in [2.24, 2.45) is 10.3 Å². The second-order valence-electron chi connectivity index (χ2n) is 7.82. The molecular weight excluding hydrogens is 460 g/mol. The van der Waals surface area contributed by atoms with Crippen molar-refractivity contribution in [2.45, 2.75) is 18.6 Å². The Morgan fingerprint density at radius 1 is 1.00 bits per heavy atom. The number of hydrogen-bond acceptors (Lipinski definition) is 12. The quantitative estimate of drug-likeness (QED) is 0.483. The van der Waals surface area contributed by atoms with E-state index in [0.717, 1.165) is 4.90 Å². The standard InChI is InChI=1S/C22H18N6O7/c1-31-13-6-4-12(8-15(13)32-2)28-21(29)18-19(22(28)30)27(26-24-18)9-17-23-20(25-35-17)11-3-5-14-16(7-11)34-10-33-14/h3-8,18-19H,9-10H2,1-2H3/t18-,19+/m0/s1. The molecular formula is C22H18N6O7. The lowest BCUT2D eigenvalue weighted by atomic mass is 10.1. The zero-order valence-corrected chi connectivity index (χ0v) is 18.6. The van der Waals surface area contributed by atoms with Crippen LogP contribution in [0.25, 0.3) is 11.4 Å². The number of benzene rings is 2. The van der Waals surface area contributed by atoms with Crippen LogP contribution < -0.4 is 23.8 Å². The highest BCUT2D eigenvalue weighted by atomic mass is 16.7. The van der Waals surface area contributed by atoms with Crippen molar-refractivity contribution in [3.05, 3.63) is 42.3 Å². The average Bonchev–Trinajstić information content (AvgIpc) is 3.66. The van der Waals surface area contributed by atoms with Crippen LogP contribution in [-0.2, 0) is 16.1 Å². The molecule has 0 unspecified atom stereocenters. The summed E-state index contributed by atoms with van der Waals surface area (Å²) < 4.78 is 26.6. The number of rotatable bonds is 6. The van der Waals surface area contributed by atoms with Gasteiger partial charge in [0.15, 0.2) is 35.1 Å². The van der Waals surface area contributed by atoms with Crippen LogP contribution in [0.3, 0.4) is 0 Å². The third kappa shape index (κ3) is 3.31. The summed E-state index contributed by atoms with van der Waals surface area (Å²) in [6, 6.07) is 8.21. The number of fused-ring (bicyclic) bond motifs is 2. The van der Waals surface area contributed by atoms with Gasteiger partial charge in [-0.1, -0.05) is 10.4 Å². The van der Waals surface area contributed by atoms with Crippen molar-refractivity contribution in [1.82, 2.24) is 15.1 Å². The predicted octanol–water partition coefficient (Wildman–Crippen LogP) is 1.98. The van der Waals surface area contributed by atoms with Crippen LogP contribution in [0.2, 0.25) is 0 Å². The smallest absolute Gasteiger partial charge is 0.263 e. The molecule has 2 amide bonds. The molecule has 0 bridgehead atoms. The van der Waals surface area contributed by atoms with Gasteiger partial charge in [0.2, 0.25) is 18.5 Å². The number of methoxy groups -OCH3 is 2. The fourth-order valence-electron chi connectivity index (χ4n) is 4.18. The monoisotopic (exact) mass is 478 g/mol. The molecule has 0 spiro atoms.